The smallest absolute Gasteiger partial charge is 0.260 e. The average Bonchev–Trinajstić information content (AvgIpc) is 2.99. The van der Waals surface area contributed by atoms with Crippen LogP contribution in [0.25, 0.3) is 6.08 Å². The summed E-state index contributed by atoms with van der Waals surface area (Å²) in [6.07, 6.45) is 6.50. The highest BCUT2D eigenvalue weighted by Crippen LogP contribution is 2.26. The number of nitrogens with two attached hydrogens (primary N) is 1. The summed E-state index contributed by atoms with van der Waals surface area (Å²) in [6.45, 7) is 12.0. The molecule has 0 saturated carbocycles. The van der Waals surface area contributed by atoms with Gasteiger partial charge in [-0.25, -0.2) is 10.3 Å². The topological polar surface area (TPSA) is 132 Å². The van der Waals surface area contributed by atoms with Crippen LogP contribution in [0.1, 0.15) is 87.5 Å². The van der Waals surface area contributed by atoms with Crippen LogP contribution >= 0.6 is 0 Å². The molecule has 1 unspecified atom stereocenters. The van der Waals surface area contributed by atoms with Gasteiger partial charge in [0.2, 0.25) is 11.8 Å². The Morgan fingerprint density at radius 3 is 2.44 bits per heavy atom. The first-order valence-electron chi connectivity index (χ1n) is 16.1. The van der Waals surface area contributed by atoms with Gasteiger partial charge in [0.05, 0.1) is 24.0 Å². The summed E-state index contributed by atoms with van der Waals surface area (Å²) in [7, 11) is 0. The Balaban J connectivity index is 2.29. The molecule has 10 nitrogen and oxygen atoms in total. The van der Waals surface area contributed by atoms with Gasteiger partial charge in [0.1, 0.15) is 6.04 Å². The van der Waals surface area contributed by atoms with E-state index in [2.05, 4.69) is 10.9 Å². The number of nitrogens with zero attached hydrogens (tertiary/aromatic N) is 1. The maximum atomic E-state index is 14.0. The average molecular weight is 604 g/mol. The molecule has 4 N–H and O–H groups in total. The Morgan fingerprint density at radius 1 is 1.12 bits per heavy atom. The van der Waals surface area contributed by atoms with Crippen LogP contribution in [0.15, 0.2) is 36.4 Å². The van der Waals surface area contributed by atoms with Crippen LogP contribution in [0.4, 0.5) is 0 Å². The molecule has 3 amide bonds. The first-order valence-corrected chi connectivity index (χ1v) is 15.4. The van der Waals surface area contributed by atoms with Crippen molar-refractivity contribution in [2.75, 3.05) is 19.8 Å². The summed E-state index contributed by atoms with van der Waals surface area (Å²) in [5, 5.41) is 1.24. The van der Waals surface area contributed by atoms with E-state index in [1.807, 2.05) is 70.2 Å². The number of allylic oxidation sites excluding steroid dienone is 1. The molecule has 0 aliphatic carbocycles. The lowest BCUT2D eigenvalue weighted by Gasteiger charge is -2.32. The van der Waals surface area contributed by atoms with Crippen LogP contribution in [0.2, 0.25) is 0 Å². The van der Waals surface area contributed by atoms with Gasteiger partial charge in [0, 0.05) is 20.9 Å². The SMILES string of the molecule is [2H]CC(C)(C)OC[C@H](N)C(=O)N(CC(C)C)NC(=O)[C@H](CC(C)C)[C@H](C/C=C/c1ccccc1)C(=O)NOC1CCCCO1. The third kappa shape index (κ3) is 14.0. The van der Waals surface area contributed by atoms with Crippen molar-refractivity contribution in [2.24, 2.45) is 29.4 Å². The molecule has 1 aromatic carbocycles. The van der Waals surface area contributed by atoms with Crippen molar-refractivity contribution < 1.29 is 30.1 Å². The number of ether oxygens (including phenoxy) is 2. The number of rotatable bonds is 15. The third-order valence-electron chi connectivity index (χ3n) is 6.84. The minimum atomic E-state index is -1.04. The zero-order chi connectivity index (χ0) is 32.7. The number of nitrogens with one attached hydrogen (secondary N) is 2. The number of hydrogen-bond donors (Lipinski definition) is 3. The summed E-state index contributed by atoms with van der Waals surface area (Å²) >= 11 is 0. The van der Waals surface area contributed by atoms with Crippen molar-refractivity contribution in [3.05, 3.63) is 42.0 Å². The van der Waals surface area contributed by atoms with Crippen molar-refractivity contribution in [1.29, 1.82) is 0 Å². The number of benzene rings is 1. The summed E-state index contributed by atoms with van der Waals surface area (Å²) in [5.74, 6) is -2.83. The van der Waals surface area contributed by atoms with Crippen molar-refractivity contribution in [1.82, 2.24) is 15.9 Å². The predicted octanol–water partition coefficient (Wildman–Crippen LogP) is 4.60. The van der Waals surface area contributed by atoms with Gasteiger partial charge in [-0.3, -0.25) is 24.8 Å². The van der Waals surface area contributed by atoms with E-state index in [1.165, 1.54) is 5.01 Å². The van der Waals surface area contributed by atoms with Crippen LogP contribution in [0.5, 0.6) is 0 Å². The largest absolute Gasteiger partial charge is 0.374 e. The van der Waals surface area contributed by atoms with Crippen molar-refractivity contribution in [3.63, 3.8) is 0 Å². The number of amides is 3. The van der Waals surface area contributed by atoms with Crippen molar-refractivity contribution in [3.8, 4) is 0 Å². The molecule has 1 fully saturated rings. The van der Waals surface area contributed by atoms with Gasteiger partial charge in [0.25, 0.3) is 5.91 Å². The highest BCUT2D eigenvalue weighted by Gasteiger charge is 2.36. The fourth-order valence-electron chi connectivity index (χ4n) is 4.69. The second-order valence-electron chi connectivity index (χ2n) is 12.8. The van der Waals surface area contributed by atoms with Gasteiger partial charge in [-0.15, -0.1) is 0 Å². The van der Waals surface area contributed by atoms with Crippen molar-refractivity contribution >= 4 is 23.8 Å². The molecule has 1 aliphatic rings. The number of carbonyl (C=O) groups is 3. The molecule has 4 atom stereocenters. The number of carbonyl (C=O) groups excluding carboxylic acids is 3. The van der Waals surface area contributed by atoms with E-state index in [9.17, 15) is 14.4 Å². The quantitative estimate of drug-likeness (QED) is 0.250. The maximum Gasteiger partial charge on any atom is 0.260 e. The Labute approximate surface area is 259 Å². The Bertz CT molecular complexity index is 1050. The van der Waals surface area contributed by atoms with Gasteiger partial charge in [-0.1, -0.05) is 70.2 Å². The number of hydrogen-bond acceptors (Lipinski definition) is 7. The molecule has 0 aromatic heterocycles. The van der Waals surface area contributed by atoms with Crippen LogP contribution in [-0.2, 0) is 28.7 Å². The first kappa shape index (κ1) is 34.7. The van der Waals surface area contributed by atoms with E-state index in [4.69, 9.17) is 21.4 Å². The normalized spacial score (nSPS) is 18.3. The third-order valence-corrected chi connectivity index (χ3v) is 6.84. The Kier molecular flexibility index (Phi) is 14.6. The summed E-state index contributed by atoms with van der Waals surface area (Å²) in [4.78, 5) is 46.6. The van der Waals surface area contributed by atoms with E-state index < -0.39 is 47.5 Å². The van der Waals surface area contributed by atoms with Gasteiger partial charge < -0.3 is 15.2 Å². The van der Waals surface area contributed by atoms with Crippen LogP contribution in [0.3, 0.4) is 0 Å². The molecular formula is C33H54N4O6. The maximum absolute atomic E-state index is 14.0. The number of hydroxylamine groups is 1. The fraction of sp³-hybridized carbons (Fsp3) is 0.667. The molecule has 0 radical (unpaired) electrons. The summed E-state index contributed by atoms with van der Waals surface area (Å²) in [5.41, 5.74) is 11.8. The minimum absolute atomic E-state index is 0.00991. The van der Waals surface area contributed by atoms with E-state index in [-0.39, 0.29) is 38.3 Å². The second-order valence-corrected chi connectivity index (χ2v) is 12.8. The zero-order valence-electron chi connectivity index (χ0n) is 27.8. The van der Waals surface area contributed by atoms with Gasteiger partial charge in [-0.05, 0) is 63.8 Å². The summed E-state index contributed by atoms with van der Waals surface area (Å²) < 4.78 is 18.9. The van der Waals surface area contributed by atoms with Crippen LogP contribution in [-0.4, -0.2) is 60.4 Å². The minimum Gasteiger partial charge on any atom is -0.374 e. The van der Waals surface area contributed by atoms with Crippen LogP contribution in [0, 0.1) is 23.7 Å². The first-order chi connectivity index (χ1) is 20.8. The highest BCUT2D eigenvalue weighted by molar-refractivity contribution is 5.90. The molecule has 1 aromatic rings. The molecule has 0 spiro atoms. The molecule has 10 heteroatoms. The Hall–Kier alpha value is -2.79. The number of hydrazine groups is 1. The second kappa shape index (κ2) is 18.1. The van der Waals surface area contributed by atoms with Crippen LogP contribution < -0.4 is 16.6 Å². The lowest BCUT2D eigenvalue weighted by Crippen LogP contribution is -2.57. The van der Waals surface area contributed by atoms with E-state index in [1.54, 1.807) is 13.8 Å². The molecule has 1 saturated heterocycles. The van der Waals surface area contributed by atoms with E-state index >= 15 is 0 Å². The Morgan fingerprint density at radius 2 is 1.84 bits per heavy atom. The predicted molar refractivity (Wildman–Crippen MR) is 168 cm³/mol. The molecule has 0 bridgehead atoms. The molecular weight excluding hydrogens is 548 g/mol. The highest BCUT2D eigenvalue weighted by atomic mass is 16.8. The molecule has 1 heterocycles. The molecule has 1 aliphatic heterocycles. The monoisotopic (exact) mass is 603 g/mol. The lowest BCUT2D eigenvalue weighted by molar-refractivity contribution is -0.203. The van der Waals surface area contributed by atoms with E-state index in [0.717, 1.165) is 18.4 Å². The molecule has 2 rings (SSSR count). The summed E-state index contributed by atoms with van der Waals surface area (Å²) in [6, 6.07) is 8.67. The fourth-order valence-corrected chi connectivity index (χ4v) is 4.69. The molecule has 242 valence electrons. The van der Waals surface area contributed by atoms with Gasteiger partial charge in [-0.2, -0.15) is 0 Å². The van der Waals surface area contributed by atoms with Gasteiger partial charge >= 0.3 is 0 Å². The van der Waals surface area contributed by atoms with Crippen molar-refractivity contribution in [2.45, 2.75) is 98.5 Å². The van der Waals surface area contributed by atoms with E-state index in [0.29, 0.717) is 19.4 Å². The van der Waals surface area contributed by atoms with Gasteiger partial charge in [0.15, 0.2) is 6.29 Å². The standard InChI is InChI=1S/C33H54N4O6/c1-23(2)20-27(30(38)35-37(21-24(3)4)32(40)28(34)22-42-33(5,6)7)26(17-13-16-25-14-9-8-10-15-25)31(39)36-43-29-18-11-12-19-41-29/h8-10,13-16,23-24,26-29H,11-12,17-22,34H2,1-7H3,(H,35,38)(H,36,39)/b16-13+/t26-,27+,28-,29?/m0/s1/i5D. The lowest BCUT2D eigenvalue weighted by atomic mass is 9.82. The zero-order valence-corrected chi connectivity index (χ0v) is 26.8. The molecule has 43 heavy (non-hydrogen) atoms.